The first-order valence-electron chi connectivity index (χ1n) is 18.8. The van der Waals surface area contributed by atoms with E-state index in [4.69, 9.17) is 5.21 Å². The Hall–Kier alpha value is -1.19. The number of rotatable bonds is 36. The van der Waals surface area contributed by atoms with Crippen LogP contribution < -0.4 is 5.48 Å². The van der Waals surface area contributed by atoms with E-state index in [0.29, 0.717) is 13.0 Å². The highest BCUT2D eigenvalue weighted by molar-refractivity contribution is 5.74. The van der Waals surface area contributed by atoms with Gasteiger partial charge in [-0.25, -0.2) is 15.3 Å². The van der Waals surface area contributed by atoms with E-state index >= 15 is 0 Å². The first kappa shape index (κ1) is 40.8. The van der Waals surface area contributed by atoms with Gasteiger partial charge in [-0.15, -0.1) is 0 Å². The van der Waals surface area contributed by atoms with E-state index in [-0.39, 0.29) is 5.91 Å². The van der Waals surface area contributed by atoms with Crippen molar-refractivity contribution >= 4 is 12.0 Å². The summed E-state index contributed by atoms with van der Waals surface area (Å²) in [7, 11) is 0. The Morgan fingerprint density at radius 1 is 0.405 bits per heavy atom. The Morgan fingerprint density at radius 3 is 0.833 bits per heavy atom. The smallest absolute Gasteiger partial charge is 0.243 e. The Balaban J connectivity index is 3.05. The summed E-state index contributed by atoms with van der Waals surface area (Å²) >= 11 is 0. The molecule has 0 bridgehead atoms. The summed E-state index contributed by atoms with van der Waals surface area (Å²) in [5.74, 6) is -0.259. The molecule has 42 heavy (non-hydrogen) atoms. The van der Waals surface area contributed by atoms with Crippen molar-refractivity contribution in [2.45, 2.75) is 218 Å². The lowest BCUT2D eigenvalue weighted by atomic mass is 10.0. The van der Waals surface area contributed by atoms with Crippen molar-refractivity contribution in [3.8, 4) is 0 Å². The third-order valence-electron chi connectivity index (χ3n) is 8.86. The van der Waals surface area contributed by atoms with Crippen LogP contribution in [0.1, 0.15) is 218 Å². The third kappa shape index (κ3) is 36.8. The third-order valence-corrected chi connectivity index (χ3v) is 8.86. The van der Waals surface area contributed by atoms with Crippen LogP contribution in [0.25, 0.3) is 0 Å². The summed E-state index contributed by atoms with van der Waals surface area (Å²) in [5, 5.41) is 8.46. The molecule has 248 valence electrons. The van der Waals surface area contributed by atoms with Crippen LogP contribution >= 0.6 is 0 Å². The van der Waals surface area contributed by atoms with Gasteiger partial charge in [-0.2, -0.15) is 0 Å². The summed E-state index contributed by atoms with van der Waals surface area (Å²) in [6.45, 7) is 0.662. The molecule has 0 atom stereocenters. The number of carbonyl (C=O) groups is 1. The van der Waals surface area contributed by atoms with Gasteiger partial charge in [0.05, 0.1) is 6.54 Å². The first-order chi connectivity index (χ1) is 20.8. The van der Waals surface area contributed by atoms with Gasteiger partial charge in [0.1, 0.15) is 0 Å². The predicted octanol–water partition coefficient (Wildman–Crippen LogP) is 12.1. The monoisotopic (exact) mass is 593 g/mol. The molecular formula is C37H72N2O3. The van der Waals surface area contributed by atoms with Crippen LogP contribution in [0.15, 0.2) is 4.99 Å². The zero-order chi connectivity index (χ0) is 30.4. The molecule has 0 rings (SSSR count). The van der Waals surface area contributed by atoms with Crippen molar-refractivity contribution in [3.63, 3.8) is 0 Å². The number of hydrogen-bond acceptors (Lipinski definition) is 4. The molecule has 5 heteroatoms. The summed E-state index contributed by atoms with van der Waals surface area (Å²) in [6.07, 6.45) is 47.1. The standard InChI is InChI=1S/C37H72N2O3/c40-36-38-35-33-31-29-27-25-23-21-19-17-15-13-11-9-7-5-3-1-2-4-6-8-10-12-14-16-18-20-22-24-26-28-30-32-34-37(41)39-42/h42H,1-35H2,(H,39,41). The second-order valence-electron chi connectivity index (χ2n) is 12.9. The number of carbonyl (C=O) groups excluding carboxylic acids is 2. The lowest BCUT2D eigenvalue weighted by molar-refractivity contribution is -0.129. The average Bonchev–Trinajstić information content (AvgIpc) is 3.00. The van der Waals surface area contributed by atoms with Gasteiger partial charge in [-0.3, -0.25) is 10.0 Å². The van der Waals surface area contributed by atoms with Gasteiger partial charge in [0.2, 0.25) is 12.0 Å². The van der Waals surface area contributed by atoms with Crippen molar-refractivity contribution in [3.05, 3.63) is 0 Å². The molecule has 0 aliphatic carbocycles. The maximum absolute atomic E-state index is 10.9. The molecule has 0 aromatic rings. The first-order valence-corrected chi connectivity index (χ1v) is 18.8. The number of amides is 1. The normalized spacial score (nSPS) is 11.1. The highest BCUT2D eigenvalue weighted by Gasteiger charge is 1.99. The number of nitrogens with zero attached hydrogens (tertiary/aromatic N) is 1. The van der Waals surface area contributed by atoms with E-state index in [1.807, 2.05) is 0 Å². The molecule has 5 nitrogen and oxygen atoms in total. The maximum atomic E-state index is 10.9. The van der Waals surface area contributed by atoms with Gasteiger partial charge < -0.3 is 0 Å². The molecule has 2 N–H and O–H groups in total. The summed E-state index contributed by atoms with van der Waals surface area (Å²) in [6, 6.07) is 0. The molecule has 0 aliphatic heterocycles. The van der Waals surface area contributed by atoms with Gasteiger partial charge in [0, 0.05) is 6.42 Å². The number of unbranched alkanes of at least 4 members (excludes halogenated alkanes) is 32. The Bertz CT molecular complexity index is 577. The molecule has 1 amide bonds. The minimum Gasteiger partial charge on any atom is -0.289 e. The molecule has 0 aromatic heterocycles. The summed E-state index contributed by atoms with van der Waals surface area (Å²) in [5.41, 5.74) is 1.70. The summed E-state index contributed by atoms with van der Waals surface area (Å²) < 4.78 is 0. The molecule has 0 fully saturated rings. The van der Waals surface area contributed by atoms with E-state index < -0.39 is 0 Å². The molecule has 0 heterocycles. The highest BCUT2D eigenvalue weighted by Crippen LogP contribution is 2.17. The van der Waals surface area contributed by atoms with Crippen LogP contribution in [-0.4, -0.2) is 23.7 Å². The fourth-order valence-corrected chi connectivity index (χ4v) is 6.06. The quantitative estimate of drug-likeness (QED) is 0.0250. The van der Waals surface area contributed by atoms with E-state index in [2.05, 4.69) is 4.99 Å². The molecule has 0 radical (unpaired) electrons. The van der Waals surface area contributed by atoms with Crippen LogP contribution in [0.3, 0.4) is 0 Å². The van der Waals surface area contributed by atoms with Crippen LogP contribution in [0.4, 0.5) is 0 Å². The van der Waals surface area contributed by atoms with Crippen molar-refractivity contribution in [2.75, 3.05) is 6.54 Å². The second kappa shape index (κ2) is 37.8. The highest BCUT2D eigenvalue weighted by atomic mass is 16.5. The fraction of sp³-hybridized carbons (Fsp3) is 0.946. The van der Waals surface area contributed by atoms with Crippen LogP contribution in [0.2, 0.25) is 0 Å². The van der Waals surface area contributed by atoms with E-state index in [1.165, 1.54) is 193 Å². The Morgan fingerprint density at radius 2 is 0.619 bits per heavy atom. The van der Waals surface area contributed by atoms with Gasteiger partial charge in [-0.05, 0) is 12.8 Å². The van der Waals surface area contributed by atoms with Crippen LogP contribution in [0, 0.1) is 0 Å². The largest absolute Gasteiger partial charge is 0.289 e. The molecule has 0 unspecified atom stereocenters. The number of hydrogen-bond donors (Lipinski definition) is 2. The zero-order valence-electron chi connectivity index (χ0n) is 28.0. The van der Waals surface area contributed by atoms with E-state index in [9.17, 15) is 9.59 Å². The lowest BCUT2D eigenvalue weighted by Gasteiger charge is -2.05. The molecule has 0 spiro atoms. The molecule has 0 saturated heterocycles. The lowest BCUT2D eigenvalue weighted by Crippen LogP contribution is -2.17. The van der Waals surface area contributed by atoms with Crippen molar-refractivity contribution < 1.29 is 14.8 Å². The molecule has 0 saturated carbocycles. The van der Waals surface area contributed by atoms with Crippen LogP contribution in [0.5, 0.6) is 0 Å². The average molecular weight is 593 g/mol. The SMILES string of the molecule is O=C=NCCCCCCCCCCCCCCCCCCCCCCCCCCCCCCCCCCCC(=O)NO. The molecular weight excluding hydrogens is 520 g/mol. The minimum absolute atomic E-state index is 0.259. The van der Waals surface area contributed by atoms with Gasteiger partial charge in [0.25, 0.3) is 0 Å². The number of aliphatic imine (C=N–C) groups is 1. The minimum atomic E-state index is -0.259. The maximum Gasteiger partial charge on any atom is 0.243 e. The van der Waals surface area contributed by atoms with Gasteiger partial charge >= 0.3 is 0 Å². The van der Waals surface area contributed by atoms with Crippen molar-refractivity contribution in [1.82, 2.24) is 5.48 Å². The van der Waals surface area contributed by atoms with E-state index in [1.54, 1.807) is 11.6 Å². The number of isocyanates is 1. The van der Waals surface area contributed by atoms with Crippen molar-refractivity contribution in [1.29, 1.82) is 0 Å². The zero-order valence-corrected chi connectivity index (χ0v) is 28.0. The number of hydroxylamine groups is 1. The van der Waals surface area contributed by atoms with Gasteiger partial charge in [0.15, 0.2) is 0 Å². The second-order valence-corrected chi connectivity index (χ2v) is 12.9. The van der Waals surface area contributed by atoms with Crippen LogP contribution in [-0.2, 0) is 9.59 Å². The molecule has 0 aromatic carbocycles. The van der Waals surface area contributed by atoms with E-state index in [0.717, 1.165) is 19.3 Å². The molecule has 0 aliphatic rings. The van der Waals surface area contributed by atoms with Gasteiger partial charge in [-0.1, -0.05) is 199 Å². The fourth-order valence-electron chi connectivity index (χ4n) is 6.06. The Kier molecular flexibility index (Phi) is 36.8. The Labute approximate surface area is 261 Å². The predicted molar refractivity (Wildman–Crippen MR) is 180 cm³/mol. The topological polar surface area (TPSA) is 78.8 Å². The summed E-state index contributed by atoms with van der Waals surface area (Å²) in [4.78, 5) is 24.5. The van der Waals surface area contributed by atoms with Crippen molar-refractivity contribution in [2.24, 2.45) is 4.99 Å². The number of nitrogens with one attached hydrogen (secondary N) is 1.